The first-order chi connectivity index (χ1) is 17.1. The second-order valence-corrected chi connectivity index (χ2v) is 8.44. The van der Waals surface area contributed by atoms with Crippen LogP contribution in [0.25, 0.3) is 0 Å². The van der Waals surface area contributed by atoms with Crippen molar-refractivity contribution in [3.05, 3.63) is 101 Å². The van der Waals surface area contributed by atoms with Crippen LogP contribution in [0, 0.1) is 5.82 Å². The number of anilines is 1. The average Bonchev–Trinajstić information content (AvgIpc) is 3.68. The second kappa shape index (κ2) is 11.4. The predicted octanol–water partition coefficient (Wildman–Crippen LogP) is 6.79. The molecular formula is C28H27F4NO3. The number of nitrogens with zero attached hydrogens (tertiary/aromatic N) is 1. The highest BCUT2D eigenvalue weighted by atomic mass is 19.4. The molecule has 0 aromatic heterocycles. The van der Waals surface area contributed by atoms with Gasteiger partial charge in [0.25, 0.3) is 0 Å². The van der Waals surface area contributed by atoms with Crippen LogP contribution in [0.5, 0.6) is 0 Å². The van der Waals surface area contributed by atoms with E-state index in [0.717, 1.165) is 43.6 Å². The van der Waals surface area contributed by atoms with Crippen LogP contribution in [0.3, 0.4) is 0 Å². The summed E-state index contributed by atoms with van der Waals surface area (Å²) in [6, 6.07) is 10.8. The van der Waals surface area contributed by atoms with Crippen molar-refractivity contribution >= 4 is 17.6 Å². The van der Waals surface area contributed by atoms with Crippen LogP contribution >= 0.6 is 0 Å². The van der Waals surface area contributed by atoms with Crippen LogP contribution in [-0.4, -0.2) is 24.1 Å². The van der Waals surface area contributed by atoms with E-state index in [1.807, 2.05) is 0 Å². The molecule has 36 heavy (non-hydrogen) atoms. The van der Waals surface area contributed by atoms with E-state index in [1.165, 1.54) is 19.1 Å². The molecule has 3 rings (SSSR count). The summed E-state index contributed by atoms with van der Waals surface area (Å²) in [6.07, 6.45) is -0.285. The van der Waals surface area contributed by atoms with Crippen molar-refractivity contribution in [2.75, 3.05) is 4.90 Å². The molecule has 1 amide bonds. The Morgan fingerprint density at radius 1 is 1.17 bits per heavy atom. The van der Waals surface area contributed by atoms with Crippen molar-refractivity contribution in [1.29, 1.82) is 0 Å². The van der Waals surface area contributed by atoms with Gasteiger partial charge in [-0.1, -0.05) is 61.2 Å². The zero-order chi connectivity index (χ0) is 26.5. The number of ether oxygens (including phenoxy) is 1. The van der Waals surface area contributed by atoms with E-state index in [0.29, 0.717) is 10.5 Å². The maximum absolute atomic E-state index is 15.2. The monoisotopic (exact) mass is 501 g/mol. The van der Waals surface area contributed by atoms with Gasteiger partial charge in [0.2, 0.25) is 5.91 Å². The highest BCUT2D eigenvalue weighted by Gasteiger charge is 2.42. The van der Waals surface area contributed by atoms with E-state index in [2.05, 4.69) is 6.58 Å². The molecule has 0 spiro atoms. The van der Waals surface area contributed by atoms with E-state index in [-0.39, 0.29) is 18.2 Å². The zero-order valence-electron chi connectivity index (χ0n) is 20.0. The molecule has 4 nitrogen and oxygen atoms in total. The first-order valence-electron chi connectivity index (χ1n) is 11.4. The molecule has 1 aliphatic carbocycles. The Morgan fingerprint density at radius 3 is 2.33 bits per heavy atom. The van der Waals surface area contributed by atoms with Gasteiger partial charge in [0, 0.05) is 6.92 Å². The number of alkyl halides is 3. The highest BCUT2D eigenvalue weighted by molar-refractivity contribution is 6.00. The molecule has 0 heterocycles. The SMILES string of the molecule is C=C/C(=C(\C=C/C)C(F)(F)F)C(C(=O)OCc1ccccc1)N(C(C)=O)c1ccc(C2CC2)cc1F. The number of esters is 1. The number of carbonyl (C=O) groups excluding carboxylic acids is 2. The third-order valence-electron chi connectivity index (χ3n) is 5.79. The average molecular weight is 502 g/mol. The Balaban J connectivity index is 2.15. The Bertz CT molecular complexity index is 1180. The molecule has 2 aromatic rings. The lowest BCUT2D eigenvalue weighted by Crippen LogP contribution is -2.47. The summed E-state index contributed by atoms with van der Waals surface area (Å²) in [4.78, 5) is 26.9. The lowest BCUT2D eigenvalue weighted by atomic mass is 9.96. The molecule has 0 saturated heterocycles. The zero-order valence-corrected chi connectivity index (χ0v) is 20.0. The molecule has 190 valence electrons. The number of amides is 1. The van der Waals surface area contributed by atoms with E-state index in [9.17, 15) is 22.8 Å². The van der Waals surface area contributed by atoms with Crippen LogP contribution in [0.15, 0.2) is 84.5 Å². The molecule has 1 saturated carbocycles. The van der Waals surface area contributed by atoms with Crippen molar-refractivity contribution in [3.63, 3.8) is 0 Å². The topological polar surface area (TPSA) is 46.6 Å². The van der Waals surface area contributed by atoms with Gasteiger partial charge in [0.15, 0.2) is 6.04 Å². The molecule has 2 aromatic carbocycles. The number of halogens is 4. The highest BCUT2D eigenvalue weighted by Crippen LogP contribution is 2.42. The fraction of sp³-hybridized carbons (Fsp3) is 0.286. The molecule has 1 unspecified atom stereocenters. The van der Waals surface area contributed by atoms with Gasteiger partial charge in [-0.2, -0.15) is 13.2 Å². The minimum Gasteiger partial charge on any atom is -0.459 e. The predicted molar refractivity (Wildman–Crippen MR) is 130 cm³/mol. The summed E-state index contributed by atoms with van der Waals surface area (Å²) in [7, 11) is 0. The van der Waals surface area contributed by atoms with E-state index in [1.54, 1.807) is 36.4 Å². The molecular weight excluding hydrogens is 474 g/mol. The van der Waals surface area contributed by atoms with Gasteiger partial charge in [-0.25, -0.2) is 9.18 Å². The summed E-state index contributed by atoms with van der Waals surface area (Å²) < 4.78 is 62.7. The quantitative estimate of drug-likeness (QED) is 0.216. The summed E-state index contributed by atoms with van der Waals surface area (Å²) in [5, 5.41) is 0. The largest absolute Gasteiger partial charge is 0.459 e. The van der Waals surface area contributed by atoms with Gasteiger partial charge in [-0.05, 0) is 54.5 Å². The summed E-state index contributed by atoms with van der Waals surface area (Å²) in [6.45, 7) is 5.66. The van der Waals surface area contributed by atoms with Crippen LogP contribution in [-0.2, 0) is 20.9 Å². The summed E-state index contributed by atoms with van der Waals surface area (Å²) in [5.41, 5.74) is -0.822. The number of rotatable bonds is 9. The first-order valence-corrected chi connectivity index (χ1v) is 11.4. The number of allylic oxidation sites excluding steroid dienone is 3. The third kappa shape index (κ3) is 6.30. The van der Waals surface area contributed by atoms with Crippen LogP contribution in [0.1, 0.15) is 43.7 Å². The Hall–Kier alpha value is -3.68. The third-order valence-corrected chi connectivity index (χ3v) is 5.79. The lowest BCUT2D eigenvalue weighted by molar-refractivity contribution is -0.146. The van der Waals surface area contributed by atoms with Crippen LogP contribution in [0.4, 0.5) is 23.2 Å². The van der Waals surface area contributed by atoms with Crippen LogP contribution < -0.4 is 4.90 Å². The minimum atomic E-state index is -4.88. The number of benzene rings is 2. The van der Waals surface area contributed by atoms with Gasteiger partial charge in [-0.3, -0.25) is 9.69 Å². The van der Waals surface area contributed by atoms with E-state index >= 15 is 4.39 Å². The second-order valence-electron chi connectivity index (χ2n) is 8.44. The molecule has 0 radical (unpaired) electrons. The number of hydrogen-bond donors (Lipinski definition) is 0. The van der Waals surface area contributed by atoms with Crippen molar-refractivity contribution in [2.45, 2.75) is 51.4 Å². The molecule has 1 atom stereocenters. The summed E-state index contributed by atoms with van der Waals surface area (Å²) >= 11 is 0. The minimum absolute atomic E-state index is 0.209. The number of carbonyl (C=O) groups is 2. The van der Waals surface area contributed by atoms with E-state index < -0.39 is 41.1 Å². The standard InChI is InChI=1S/C28H27F4NO3/c1-4-9-23(28(30,31)32)22(5-2)26(27(35)36-17-19-10-7-6-8-11-19)33(18(3)34)25-15-14-21(16-24(25)29)20-12-13-20/h4-11,14-16,20,26H,2,12-13,17H2,1,3H3/b9-4-,23-22-. The Labute approximate surface area is 207 Å². The molecule has 1 aliphatic rings. The van der Waals surface area contributed by atoms with Crippen LogP contribution in [0.2, 0.25) is 0 Å². The fourth-order valence-electron chi connectivity index (χ4n) is 3.95. The first kappa shape index (κ1) is 26.9. The van der Waals surface area contributed by atoms with Gasteiger partial charge < -0.3 is 4.74 Å². The normalized spacial score (nSPS) is 15.3. The van der Waals surface area contributed by atoms with Crippen molar-refractivity contribution in [1.82, 2.24) is 0 Å². The summed E-state index contributed by atoms with van der Waals surface area (Å²) in [5.74, 6) is -2.60. The molecule has 0 aliphatic heterocycles. The maximum Gasteiger partial charge on any atom is 0.416 e. The van der Waals surface area contributed by atoms with Gasteiger partial charge in [-0.15, -0.1) is 0 Å². The molecule has 8 heteroatoms. The smallest absolute Gasteiger partial charge is 0.416 e. The van der Waals surface area contributed by atoms with Crippen molar-refractivity contribution < 1.29 is 31.9 Å². The molecule has 0 N–H and O–H groups in total. The van der Waals surface area contributed by atoms with Crippen molar-refractivity contribution in [3.8, 4) is 0 Å². The van der Waals surface area contributed by atoms with E-state index in [4.69, 9.17) is 4.74 Å². The molecule has 0 bridgehead atoms. The lowest BCUT2D eigenvalue weighted by Gasteiger charge is -2.32. The van der Waals surface area contributed by atoms with Crippen molar-refractivity contribution in [2.24, 2.45) is 0 Å². The van der Waals surface area contributed by atoms with Gasteiger partial charge >= 0.3 is 12.1 Å². The van der Waals surface area contributed by atoms with Gasteiger partial charge in [0.1, 0.15) is 12.4 Å². The Kier molecular flexibility index (Phi) is 8.50. The number of hydrogen-bond acceptors (Lipinski definition) is 3. The van der Waals surface area contributed by atoms with Gasteiger partial charge in [0.05, 0.1) is 11.3 Å². The maximum atomic E-state index is 15.2. The molecule has 1 fully saturated rings. The Morgan fingerprint density at radius 2 is 1.83 bits per heavy atom. The fourth-order valence-corrected chi connectivity index (χ4v) is 3.95.